The highest BCUT2D eigenvalue weighted by atomic mass is 32.2. The summed E-state index contributed by atoms with van der Waals surface area (Å²) in [6, 6.07) is 11.8. The number of fused-ring (bicyclic) bond motifs is 1. The van der Waals surface area contributed by atoms with E-state index in [1.54, 1.807) is 37.5 Å². The van der Waals surface area contributed by atoms with Crippen molar-refractivity contribution < 1.29 is 16.8 Å². The van der Waals surface area contributed by atoms with Gasteiger partial charge < -0.3 is 4.90 Å². The van der Waals surface area contributed by atoms with Gasteiger partial charge in [0, 0.05) is 24.7 Å². The van der Waals surface area contributed by atoms with Crippen molar-refractivity contribution in [1.29, 1.82) is 0 Å². The Morgan fingerprint density at radius 2 is 1.82 bits per heavy atom. The molecular formula is C20H19N7O4S2. The number of likely N-dealkylation sites (tertiary alicyclic amines) is 1. The lowest BCUT2D eigenvalue weighted by Crippen LogP contribution is -2.52. The third kappa shape index (κ3) is 3.58. The van der Waals surface area contributed by atoms with E-state index in [0.29, 0.717) is 29.7 Å². The largest absolute Gasteiger partial charge is 0.304 e. The number of aromatic amines is 1. The van der Waals surface area contributed by atoms with Crippen LogP contribution in [0.25, 0.3) is 33.4 Å². The number of tetrazole rings is 1. The summed E-state index contributed by atoms with van der Waals surface area (Å²) in [5, 5.41) is 19.4. The zero-order chi connectivity index (χ0) is 23.4. The van der Waals surface area contributed by atoms with Gasteiger partial charge in [-0.1, -0.05) is 24.3 Å². The van der Waals surface area contributed by atoms with Crippen molar-refractivity contribution in [3.63, 3.8) is 0 Å². The standard InChI is InChI=1S/C20H19N7O4S2/c1-27-10-12(11-27)32(28,29)17-8-7-15(13-4-2-6-16-14(13)5-3-9-22-16)18(19(17)33(21,30)31)20-23-25-26-24-20/h2-9,12H,10-11H2,1H3,(H2,21,30,31)(H,23,24,25,26). The van der Waals surface area contributed by atoms with E-state index in [4.69, 9.17) is 5.14 Å². The van der Waals surface area contributed by atoms with Crippen molar-refractivity contribution in [3.8, 4) is 22.5 Å². The van der Waals surface area contributed by atoms with E-state index in [2.05, 4.69) is 25.6 Å². The molecule has 0 spiro atoms. The lowest BCUT2D eigenvalue weighted by Gasteiger charge is -2.35. The Morgan fingerprint density at radius 3 is 2.48 bits per heavy atom. The molecule has 170 valence electrons. The second-order valence-corrected chi connectivity index (χ2v) is 11.6. The molecule has 1 aliphatic heterocycles. The molecule has 0 bridgehead atoms. The van der Waals surface area contributed by atoms with Crippen LogP contribution in [-0.4, -0.2) is 72.7 Å². The molecule has 0 radical (unpaired) electrons. The normalized spacial score (nSPS) is 15.6. The van der Waals surface area contributed by atoms with Crippen molar-refractivity contribution in [2.75, 3.05) is 20.1 Å². The summed E-state index contributed by atoms with van der Waals surface area (Å²) in [6.45, 7) is 0.585. The molecule has 0 aliphatic carbocycles. The first-order valence-electron chi connectivity index (χ1n) is 9.88. The zero-order valence-corrected chi connectivity index (χ0v) is 19.0. The number of hydrogen-bond donors (Lipinski definition) is 2. The van der Waals surface area contributed by atoms with Crippen LogP contribution in [0.2, 0.25) is 0 Å². The van der Waals surface area contributed by atoms with Gasteiger partial charge in [-0.05, 0) is 41.6 Å². The van der Waals surface area contributed by atoms with Gasteiger partial charge in [-0.25, -0.2) is 22.0 Å². The Balaban J connectivity index is 1.88. The van der Waals surface area contributed by atoms with Gasteiger partial charge in [0.2, 0.25) is 15.8 Å². The molecule has 3 heterocycles. The molecule has 13 heteroatoms. The van der Waals surface area contributed by atoms with Crippen LogP contribution >= 0.6 is 0 Å². The fourth-order valence-electron chi connectivity index (χ4n) is 4.14. The minimum absolute atomic E-state index is 0.0312. The number of aromatic nitrogens is 5. The van der Waals surface area contributed by atoms with Crippen molar-refractivity contribution in [1.82, 2.24) is 30.5 Å². The molecule has 0 amide bonds. The Morgan fingerprint density at radius 1 is 1.03 bits per heavy atom. The van der Waals surface area contributed by atoms with Crippen LogP contribution in [-0.2, 0) is 19.9 Å². The van der Waals surface area contributed by atoms with E-state index < -0.39 is 30.0 Å². The van der Waals surface area contributed by atoms with Crippen molar-refractivity contribution >= 4 is 30.8 Å². The average molecular weight is 486 g/mol. The van der Waals surface area contributed by atoms with Gasteiger partial charge in [0.1, 0.15) is 4.90 Å². The average Bonchev–Trinajstić information content (AvgIpc) is 3.29. The number of nitrogens with zero attached hydrogens (tertiary/aromatic N) is 5. The predicted octanol–water partition coefficient (Wildman–Crippen LogP) is 0.817. The first-order chi connectivity index (χ1) is 15.7. The van der Waals surface area contributed by atoms with E-state index in [1.807, 2.05) is 17.0 Å². The monoisotopic (exact) mass is 485 g/mol. The number of rotatable bonds is 5. The first-order valence-corrected chi connectivity index (χ1v) is 13.0. The van der Waals surface area contributed by atoms with Crippen LogP contribution in [0, 0.1) is 0 Å². The number of hydrogen-bond acceptors (Lipinski definition) is 9. The SMILES string of the molecule is CN1CC(S(=O)(=O)c2ccc(-c3cccc4ncccc34)c(-c3nn[nH]n3)c2S(N)(=O)=O)C1. The number of primary sulfonamides is 1. The Labute approximate surface area is 189 Å². The van der Waals surface area contributed by atoms with Crippen molar-refractivity contribution in [3.05, 3.63) is 48.7 Å². The van der Waals surface area contributed by atoms with Crippen LogP contribution in [0.15, 0.2) is 58.5 Å². The second-order valence-electron chi connectivity index (χ2n) is 7.86. The van der Waals surface area contributed by atoms with E-state index in [9.17, 15) is 16.8 Å². The zero-order valence-electron chi connectivity index (χ0n) is 17.4. The summed E-state index contributed by atoms with van der Waals surface area (Å²) in [6.07, 6.45) is 1.65. The predicted molar refractivity (Wildman–Crippen MR) is 120 cm³/mol. The van der Waals surface area contributed by atoms with Crippen molar-refractivity contribution in [2.24, 2.45) is 5.14 Å². The van der Waals surface area contributed by atoms with Crippen LogP contribution in [0.4, 0.5) is 0 Å². The highest BCUT2D eigenvalue weighted by Gasteiger charge is 2.40. The molecule has 4 aromatic rings. The molecule has 1 fully saturated rings. The number of nitrogens with one attached hydrogen (secondary N) is 1. The van der Waals surface area contributed by atoms with Gasteiger partial charge in [0.25, 0.3) is 0 Å². The fraction of sp³-hybridized carbons (Fsp3) is 0.200. The van der Waals surface area contributed by atoms with Gasteiger partial charge in [-0.15, -0.1) is 10.2 Å². The number of sulfonamides is 1. The maximum atomic E-state index is 13.4. The third-order valence-electron chi connectivity index (χ3n) is 5.69. The Kier molecular flexibility index (Phi) is 5.01. The topological polar surface area (TPSA) is 165 Å². The highest BCUT2D eigenvalue weighted by molar-refractivity contribution is 7.94. The molecule has 33 heavy (non-hydrogen) atoms. The minimum Gasteiger partial charge on any atom is -0.304 e. The lowest BCUT2D eigenvalue weighted by atomic mass is 9.95. The van der Waals surface area contributed by atoms with E-state index in [1.165, 1.54) is 6.07 Å². The molecule has 1 saturated heterocycles. The summed E-state index contributed by atoms with van der Waals surface area (Å²) in [5.41, 5.74) is 1.66. The minimum atomic E-state index is -4.52. The summed E-state index contributed by atoms with van der Waals surface area (Å²) < 4.78 is 52.5. The molecule has 0 unspecified atom stereocenters. The van der Waals surface area contributed by atoms with Gasteiger partial charge in [-0.3, -0.25) is 4.98 Å². The Hall–Kier alpha value is -3.26. The molecule has 1 aliphatic rings. The molecule has 0 saturated carbocycles. The van der Waals surface area contributed by atoms with Crippen LogP contribution in [0.3, 0.4) is 0 Å². The van der Waals surface area contributed by atoms with Crippen molar-refractivity contribution in [2.45, 2.75) is 15.0 Å². The molecule has 11 nitrogen and oxygen atoms in total. The molecule has 5 rings (SSSR count). The molecule has 3 N–H and O–H groups in total. The number of benzene rings is 2. The van der Waals surface area contributed by atoms with E-state index in [-0.39, 0.29) is 16.3 Å². The van der Waals surface area contributed by atoms with E-state index >= 15 is 0 Å². The first kappa shape index (κ1) is 21.6. The van der Waals surface area contributed by atoms with Gasteiger partial charge in [0.15, 0.2) is 9.84 Å². The summed E-state index contributed by atoms with van der Waals surface area (Å²) in [5.74, 6) is -0.0855. The van der Waals surface area contributed by atoms with Crippen LogP contribution in [0.1, 0.15) is 0 Å². The smallest absolute Gasteiger partial charge is 0.240 e. The highest BCUT2D eigenvalue weighted by Crippen LogP contribution is 2.41. The van der Waals surface area contributed by atoms with Gasteiger partial charge in [0.05, 0.1) is 21.2 Å². The lowest BCUT2D eigenvalue weighted by molar-refractivity contribution is 0.231. The fourth-order valence-corrected chi connectivity index (χ4v) is 7.55. The summed E-state index contributed by atoms with van der Waals surface area (Å²) in [4.78, 5) is 5.26. The molecule has 0 atom stereocenters. The third-order valence-corrected chi connectivity index (χ3v) is 8.94. The Bertz CT molecular complexity index is 1570. The quantitative estimate of drug-likeness (QED) is 0.416. The maximum absolute atomic E-state index is 13.4. The van der Waals surface area contributed by atoms with Crippen LogP contribution in [0.5, 0.6) is 0 Å². The second kappa shape index (κ2) is 7.66. The molecule has 2 aromatic carbocycles. The number of nitrogens with two attached hydrogens (primary N) is 1. The number of pyridine rings is 1. The molecule has 2 aromatic heterocycles. The maximum Gasteiger partial charge on any atom is 0.240 e. The van der Waals surface area contributed by atoms with Crippen LogP contribution < -0.4 is 5.14 Å². The molecular weight excluding hydrogens is 466 g/mol. The summed E-state index contributed by atoms with van der Waals surface area (Å²) in [7, 11) is -6.73. The van der Waals surface area contributed by atoms with Gasteiger partial charge in [-0.2, -0.15) is 5.21 Å². The summed E-state index contributed by atoms with van der Waals surface area (Å²) >= 11 is 0. The van der Waals surface area contributed by atoms with E-state index in [0.717, 1.165) is 5.39 Å². The van der Waals surface area contributed by atoms with Gasteiger partial charge >= 0.3 is 0 Å². The number of H-pyrrole nitrogens is 1. The number of sulfone groups is 1.